The topological polar surface area (TPSA) is 76.1 Å². The summed E-state index contributed by atoms with van der Waals surface area (Å²) in [4.78, 5) is 19.7. The Balaban J connectivity index is 1.81. The molecule has 0 unspecified atom stereocenters. The number of rotatable bonds is 6. The van der Waals surface area contributed by atoms with Gasteiger partial charge in [0.05, 0.1) is 18.8 Å². The van der Waals surface area contributed by atoms with Gasteiger partial charge in [-0.3, -0.25) is 14.9 Å². The molecule has 3 rings (SSSR count). The van der Waals surface area contributed by atoms with Crippen LogP contribution < -0.4 is 5.32 Å². The Morgan fingerprint density at radius 1 is 1.23 bits per heavy atom. The number of nitrogens with one attached hydrogen (secondary N) is 1. The molecule has 0 aliphatic carbocycles. The monoisotopic (exact) mass is 300 g/mol. The predicted molar refractivity (Wildman–Crippen MR) is 82.8 cm³/mol. The molecule has 0 radical (unpaired) electrons. The lowest BCUT2D eigenvalue weighted by molar-refractivity contribution is 0.140. The molecule has 0 aromatic carbocycles. The van der Waals surface area contributed by atoms with Gasteiger partial charge in [-0.15, -0.1) is 0 Å². The second kappa shape index (κ2) is 7.24. The van der Waals surface area contributed by atoms with E-state index in [0.29, 0.717) is 5.82 Å². The largest absolute Gasteiger partial charge is 0.383 e. The van der Waals surface area contributed by atoms with Crippen LogP contribution in [-0.2, 0) is 4.74 Å². The molecule has 0 bridgehead atoms. The van der Waals surface area contributed by atoms with Gasteiger partial charge in [0.1, 0.15) is 11.5 Å². The molecule has 1 fully saturated rings. The van der Waals surface area contributed by atoms with Crippen LogP contribution in [0.25, 0.3) is 0 Å². The molecule has 116 valence electrons. The quantitative estimate of drug-likeness (QED) is 0.871. The number of aromatic nitrogens is 4. The van der Waals surface area contributed by atoms with Gasteiger partial charge in [0.25, 0.3) is 0 Å². The molecule has 22 heavy (non-hydrogen) atoms. The standard InChI is InChI=1S/C15H20N6O/c1-22-10-9-21-8-2-3-12(21)14-15(19-7-6-18-14)20-13-11-16-4-5-17-13/h4-7,11-12H,2-3,8-10H2,1H3,(H,17,19,20)/t12-/m1/s1. The molecule has 1 atom stereocenters. The zero-order valence-corrected chi connectivity index (χ0v) is 12.6. The van der Waals surface area contributed by atoms with E-state index in [1.54, 1.807) is 38.1 Å². The van der Waals surface area contributed by atoms with Gasteiger partial charge in [-0.2, -0.15) is 0 Å². The van der Waals surface area contributed by atoms with Crippen LogP contribution in [0.4, 0.5) is 11.6 Å². The molecule has 1 saturated heterocycles. The highest BCUT2D eigenvalue weighted by Crippen LogP contribution is 2.33. The van der Waals surface area contributed by atoms with Crippen molar-refractivity contribution in [2.75, 3.05) is 32.1 Å². The first kappa shape index (κ1) is 14.8. The number of hydrogen-bond acceptors (Lipinski definition) is 7. The van der Waals surface area contributed by atoms with Crippen molar-refractivity contribution in [2.24, 2.45) is 0 Å². The van der Waals surface area contributed by atoms with E-state index in [2.05, 4.69) is 30.2 Å². The van der Waals surface area contributed by atoms with Crippen molar-refractivity contribution < 1.29 is 4.74 Å². The SMILES string of the molecule is COCCN1CCC[C@@H]1c1nccnc1Nc1cnccn1. The average Bonchev–Trinajstić information content (AvgIpc) is 3.03. The Labute approximate surface area is 129 Å². The maximum absolute atomic E-state index is 5.20. The lowest BCUT2D eigenvalue weighted by Crippen LogP contribution is -2.28. The zero-order chi connectivity index (χ0) is 15.2. The van der Waals surface area contributed by atoms with Crippen LogP contribution in [0.3, 0.4) is 0 Å². The lowest BCUT2D eigenvalue weighted by atomic mass is 10.1. The molecule has 2 aromatic heterocycles. The molecule has 7 nitrogen and oxygen atoms in total. The highest BCUT2D eigenvalue weighted by atomic mass is 16.5. The highest BCUT2D eigenvalue weighted by molar-refractivity contribution is 5.53. The summed E-state index contributed by atoms with van der Waals surface area (Å²) >= 11 is 0. The molecule has 2 aromatic rings. The third-order valence-corrected chi connectivity index (χ3v) is 3.80. The van der Waals surface area contributed by atoms with E-state index >= 15 is 0 Å². The van der Waals surface area contributed by atoms with Gasteiger partial charge in [-0.1, -0.05) is 0 Å². The molecule has 1 N–H and O–H groups in total. The van der Waals surface area contributed by atoms with Crippen molar-refractivity contribution in [1.82, 2.24) is 24.8 Å². The summed E-state index contributed by atoms with van der Waals surface area (Å²) in [6.45, 7) is 2.70. The van der Waals surface area contributed by atoms with Gasteiger partial charge < -0.3 is 10.1 Å². The van der Waals surface area contributed by atoms with Crippen LogP contribution in [0.15, 0.2) is 31.0 Å². The molecule has 0 spiro atoms. The van der Waals surface area contributed by atoms with E-state index in [1.165, 1.54) is 0 Å². The van der Waals surface area contributed by atoms with Crippen molar-refractivity contribution in [1.29, 1.82) is 0 Å². The minimum absolute atomic E-state index is 0.267. The Hall–Kier alpha value is -2.12. The Bertz CT molecular complexity index is 594. The molecule has 3 heterocycles. The number of hydrogen-bond donors (Lipinski definition) is 1. The van der Waals surface area contributed by atoms with Gasteiger partial charge in [-0.25, -0.2) is 9.97 Å². The zero-order valence-electron chi connectivity index (χ0n) is 12.6. The number of anilines is 2. The van der Waals surface area contributed by atoms with Crippen LogP contribution in [0, 0.1) is 0 Å². The van der Waals surface area contributed by atoms with Crippen LogP contribution in [-0.4, -0.2) is 51.6 Å². The van der Waals surface area contributed by atoms with E-state index in [4.69, 9.17) is 4.74 Å². The molecule has 0 amide bonds. The second-order valence-electron chi connectivity index (χ2n) is 5.19. The number of methoxy groups -OCH3 is 1. The molecular weight excluding hydrogens is 280 g/mol. The molecule has 1 aliphatic rings. The molecule has 7 heteroatoms. The van der Waals surface area contributed by atoms with Crippen LogP contribution in [0.2, 0.25) is 0 Å². The Morgan fingerprint density at radius 3 is 2.91 bits per heavy atom. The van der Waals surface area contributed by atoms with Crippen molar-refractivity contribution in [3.05, 3.63) is 36.7 Å². The van der Waals surface area contributed by atoms with E-state index in [-0.39, 0.29) is 6.04 Å². The minimum Gasteiger partial charge on any atom is -0.383 e. The normalized spacial score (nSPS) is 18.5. The minimum atomic E-state index is 0.267. The summed E-state index contributed by atoms with van der Waals surface area (Å²) in [6, 6.07) is 0.267. The molecular formula is C15H20N6O. The Morgan fingerprint density at radius 2 is 2.09 bits per heavy atom. The first-order valence-electron chi connectivity index (χ1n) is 7.45. The van der Waals surface area contributed by atoms with E-state index < -0.39 is 0 Å². The fourth-order valence-corrected chi connectivity index (χ4v) is 2.79. The lowest BCUT2D eigenvalue weighted by Gasteiger charge is -2.24. The van der Waals surface area contributed by atoms with Crippen molar-refractivity contribution in [3.8, 4) is 0 Å². The number of ether oxygens (including phenoxy) is 1. The molecule has 0 saturated carbocycles. The highest BCUT2D eigenvalue weighted by Gasteiger charge is 2.29. The van der Waals surface area contributed by atoms with Crippen LogP contribution >= 0.6 is 0 Å². The Kier molecular flexibility index (Phi) is 4.87. The van der Waals surface area contributed by atoms with Gasteiger partial charge in [0.2, 0.25) is 0 Å². The number of nitrogens with zero attached hydrogens (tertiary/aromatic N) is 5. The fourth-order valence-electron chi connectivity index (χ4n) is 2.79. The smallest absolute Gasteiger partial charge is 0.154 e. The first-order chi connectivity index (χ1) is 10.9. The van der Waals surface area contributed by atoms with Crippen molar-refractivity contribution >= 4 is 11.6 Å². The molecule has 1 aliphatic heterocycles. The maximum atomic E-state index is 5.20. The summed E-state index contributed by atoms with van der Waals surface area (Å²) < 4.78 is 5.20. The second-order valence-corrected chi connectivity index (χ2v) is 5.19. The van der Waals surface area contributed by atoms with E-state index in [0.717, 1.165) is 44.0 Å². The van der Waals surface area contributed by atoms with E-state index in [9.17, 15) is 0 Å². The summed E-state index contributed by atoms with van der Waals surface area (Å²) in [6.07, 6.45) is 10.6. The van der Waals surface area contributed by atoms with Gasteiger partial charge >= 0.3 is 0 Å². The van der Waals surface area contributed by atoms with E-state index in [1.807, 2.05) is 0 Å². The number of likely N-dealkylation sites (tertiary alicyclic amines) is 1. The first-order valence-corrected chi connectivity index (χ1v) is 7.45. The summed E-state index contributed by atoms with van der Waals surface area (Å²) in [5, 5.41) is 3.22. The van der Waals surface area contributed by atoms with Gasteiger partial charge in [0.15, 0.2) is 5.82 Å². The van der Waals surface area contributed by atoms with Crippen LogP contribution in [0.1, 0.15) is 24.6 Å². The summed E-state index contributed by atoms with van der Waals surface area (Å²) in [5.74, 6) is 1.42. The fraction of sp³-hybridized carbons (Fsp3) is 0.467. The van der Waals surface area contributed by atoms with Crippen LogP contribution in [0.5, 0.6) is 0 Å². The third-order valence-electron chi connectivity index (χ3n) is 3.80. The maximum Gasteiger partial charge on any atom is 0.154 e. The summed E-state index contributed by atoms with van der Waals surface area (Å²) in [5.41, 5.74) is 0.960. The average molecular weight is 300 g/mol. The van der Waals surface area contributed by atoms with Gasteiger partial charge in [0, 0.05) is 38.4 Å². The van der Waals surface area contributed by atoms with Crippen molar-refractivity contribution in [3.63, 3.8) is 0 Å². The summed E-state index contributed by atoms with van der Waals surface area (Å²) in [7, 11) is 1.73. The van der Waals surface area contributed by atoms with Gasteiger partial charge in [-0.05, 0) is 19.4 Å². The predicted octanol–water partition coefficient (Wildman–Crippen LogP) is 1.79. The van der Waals surface area contributed by atoms with Crippen molar-refractivity contribution in [2.45, 2.75) is 18.9 Å². The third kappa shape index (κ3) is 3.37.